The van der Waals surface area contributed by atoms with E-state index in [1.54, 1.807) is 18.2 Å². The maximum atomic E-state index is 14.1. The molecule has 4 aromatic rings. The van der Waals surface area contributed by atoms with Crippen LogP contribution in [0.5, 0.6) is 11.5 Å². The minimum Gasteiger partial charge on any atom is -0.493 e. The first kappa shape index (κ1) is 24.9. The van der Waals surface area contributed by atoms with Gasteiger partial charge in [0, 0.05) is 35.6 Å². The number of aliphatic carboxylic acids is 1. The first-order valence-electron chi connectivity index (χ1n) is 10.8. The third kappa shape index (κ3) is 5.70. The van der Waals surface area contributed by atoms with Gasteiger partial charge >= 0.3 is 5.97 Å². The smallest absolute Gasteiger partial charge is 0.321 e. The van der Waals surface area contributed by atoms with Crippen molar-refractivity contribution in [2.24, 2.45) is 0 Å². The van der Waals surface area contributed by atoms with Crippen LogP contribution in [-0.4, -0.2) is 29.2 Å². The van der Waals surface area contributed by atoms with Crippen LogP contribution in [0.15, 0.2) is 60.8 Å². The van der Waals surface area contributed by atoms with Gasteiger partial charge in [-0.1, -0.05) is 47.5 Å². The number of fused-ring (bicyclic) bond motifs is 1. The monoisotopic (exact) mass is 516 g/mol. The summed E-state index contributed by atoms with van der Waals surface area (Å²) in [6.45, 7) is 0.0969. The molecule has 0 fully saturated rings. The summed E-state index contributed by atoms with van der Waals surface area (Å²) in [5.74, 6) is -0.866. The number of hydrogen-bond donors (Lipinski definition) is 3. The lowest BCUT2D eigenvalue weighted by Gasteiger charge is -2.17. The van der Waals surface area contributed by atoms with Crippen LogP contribution in [0.2, 0.25) is 10.0 Å². The maximum Gasteiger partial charge on any atom is 0.321 e. The average molecular weight is 517 g/mol. The first-order chi connectivity index (χ1) is 16.9. The molecule has 1 heterocycles. The van der Waals surface area contributed by atoms with Gasteiger partial charge in [-0.3, -0.25) is 4.79 Å². The number of carbonyl (C=O) groups is 1. The summed E-state index contributed by atoms with van der Waals surface area (Å²) in [6, 6.07) is 14.7. The van der Waals surface area contributed by atoms with Crippen molar-refractivity contribution in [1.82, 2.24) is 10.3 Å². The normalized spacial score (nSPS) is 12.0. The Morgan fingerprint density at radius 3 is 2.69 bits per heavy atom. The molecule has 3 N–H and O–H groups in total. The fourth-order valence-electron chi connectivity index (χ4n) is 3.84. The van der Waals surface area contributed by atoms with Crippen molar-refractivity contribution in [3.8, 4) is 11.5 Å². The molecular weight excluding hydrogens is 494 g/mol. The summed E-state index contributed by atoms with van der Waals surface area (Å²) in [5, 5.41) is 14.3. The molecule has 182 valence electrons. The zero-order valence-electron chi connectivity index (χ0n) is 18.8. The lowest BCUT2D eigenvalue weighted by atomic mass is 10.0. The van der Waals surface area contributed by atoms with Crippen LogP contribution in [0.25, 0.3) is 10.9 Å². The van der Waals surface area contributed by atoms with Gasteiger partial charge in [0.05, 0.1) is 17.2 Å². The Hall–Kier alpha value is -3.26. The molecule has 0 aliphatic carbocycles. The van der Waals surface area contributed by atoms with E-state index < -0.39 is 17.8 Å². The van der Waals surface area contributed by atoms with E-state index in [9.17, 15) is 14.3 Å². The molecular formula is C26H23Cl2FN2O4. The highest BCUT2D eigenvalue weighted by Crippen LogP contribution is 2.37. The van der Waals surface area contributed by atoms with Crippen LogP contribution in [0.1, 0.15) is 16.7 Å². The highest BCUT2D eigenvalue weighted by atomic mass is 35.5. The van der Waals surface area contributed by atoms with Crippen molar-refractivity contribution in [2.45, 2.75) is 25.6 Å². The van der Waals surface area contributed by atoms with Crippen LogP contribution in [0.4, 0.5) is 4.39 Å². The highest BCUT2D eigenvalue weighted by molar-refractivity contribution is 6.32. The zero-order chi connectivity index (χ0) is 24.9. The van der Waals surface area contributed by atoms with E-state index in [0.29, 0.717) is 17.7 Å². The molecule has 0 saturated carbocycles. The van der Waals surface area contributed by atoms with Gasteiger partial charge in [-0.2, -0.15) is 0 Å². The molecule has 4 rings (SSSR count). The van der Waals surface area contributed by atoms with E-state index in [1.807, 2.05) is 30.5 Å². The van der Waals surface area contributed by atoms with E-state index in [4.69, 9.17) is 32.7 Å². The predicted octanol–water partition coefficient (Wildman–Crippen LogP) is 5.99. The van der Waals surface area contributed by atoms with Crippen LogP contribution < -0.4 is 14.8 Å². The van der Waals surface area contributed by atoms with E-state index in [2.05, 4.69) is 10.3 Å². The van der Waals surface area contributed by atoms with Gasteiger partial charge in [-0.15, -0.1) is 0 Å². The number of rotatable bonds is 10. The van der Waals surface area contributed by atoms with Gasteiger partial charge in [0.2, 0.25) is 0 Å². The van der Waals surface area contributed by atoms with Crippen molar-refractivity contribution < 1.29 is 23.8 Å². The Morgan fingerprint density at radius 1 is 1.14 bits per heavy atom. The zero-order valence-corrected chi connectivity index (χ0v) is 20.3. The number of benzene rings is 3. The number of ether oxygens (including phenoxy) is 2. The third-order valence-corrected chi connectivity index (χ3v) is 6.30. The second-order valence-corrected chi connectivity index (χ2v) is 8.75. The summed E-state index contributed by atoms with van der Waals surface area (Å²) >= 11 is 12.5. The quantitative estimate of drug-likeness (QED) is 0.241. The summed E-state index contributed by atoms with van der Waals surface area (Å²) in [5.41, 5.74) is 2.77. The first-order valence-corrected chi connectivity index (χ1v) is 11.6. The molecule has 1 aromatic heterocycles. The minimum atomic E-state index is -0.963. The molecule has 1 atom stereocenters. The van der Waals surface area contributed by atoms with E-state index in [1.165, 1.54) is 19.2 Å². The second-order valence-electron chi connectivity index (χ2n) is 7.93. The largest absolute Gasteiger partial charge is 0.493 e. The maximum absolute atomic E-state index is 14.1. The van der Waals surface area contributed by atoms with Gasteiger partial charge in [-0.05, 0) is 41.5 Å². The van der Waals surface area contributed by atoms with Crippen molar-refractivity contribution in [2.75, 3.05) is 7.11 Å². The third-order valence-electron chi connectivity index (χ3n) is 5.66. The number of halogens is 3. The Bertz CT molecular complexity index is 1340. The molecule has 0 aliphatic rings. The van der Waals surface area contributed by atoms with Crippen LogP contribution in [0, 0.1) is 5.82 Å². The standard InChI is InChI=1S/C26H23Cl2FN2O4/c1-34-24-10-15(9-20(28)25(24)35-14-18-19(27)6-4-7-21(18)29)12-30-23(26(32)33)11-16-13-31-22-8-3-2-5-17(16)22/h2-10,13,23,30-31H,11-12,14H2,1H3,(H,32,33)/t23-/m0/s1. The van der Waals surface area contributed by atoms with E-state index in [0.717, 1.165) is 16.5 Å². The molecule has 0 saturated heterocycles. The summed E-state index contributed by atoms with van der Waals surface area (Å²) < 4.78 is 25.2. The number of aromatic nitrogens is 1. The number of methoxy groups -OCH3 is 1. The second kappa shape index (κ2) is 11.0. The summed E-state index contributed by atoms with van der Waals surface area (Å²) in [4.78, 5) is 15.1. The fraction of sp³-hybridized carbons (Fsp3) is 0.192. The number of carboxylic acid groups (broad SMARTS) is 1. The predicted molar refractivity (Wildman–Crippen MR) is 134 cm³/mol. The lowest BCUT2D eigenvalue weighted by molar-refractivity contribution is -0.139. The topological polar surface area (TPSA) is 83.6 Å². The number of para-hydroxylation sites is 1. The van der Waals surface area contributed by atoms with Crippen LogP contribution in [0.3, 0.4) is 0 Å². The van der Waals surface area contributed by atoms with Crippen molar-refractivity contribution in [1.29, 1.82) is 0 Å². The van der Waals surface area contributed by atoms with Crippen molar-refractivity contribution in [3.05, 3.63) is 93.3 Å². The Morgan fingerprint density at radius 2 is 1.94 bits per heavy atom. The number of aromatic amines is 1. The summed E-state index contributed by atoms with van der Waals surface area (Å²) in [7, 11) is 1.46. The molecule has 9 heteroatoms. The van der Waals surface area contributed by atoms with E-state index >= 15 is 0 Å². The van der Waals surface area contributed by atoms with Gasteiger partial charge < -0.3 is 24.9 Å². The molecule has 0 spiro atoms. The van der Waals surface area contributed by atoms with Gasteiger partial charge in [0.1, 0.15) is 18.5 Å². The van der Waals surface area contributed by atoms with Crippen LogP contribution in [-0.2, 0) is 24.4 Å². The molecule has 0 radical (unpaired) electrons. The fourth-order valence-corrected chi connectivity index (χ4v) is 4.34. The van der Waals surface area contributed by atoms with Gasteiger partial charge in [-0.25, -0.2) is 4.39 Å². The Balaban J connectivity index is 1.47. The molecule has 35 heavy (non-hydrogen) atoms. The number of nitrogens with one attached hydrogen (secondary N) is 2. The molecule has 0 unspecified atom stereocenters. The minimum absolute atomic E-state index is 0.134. The molecule has 3 aromatic carbocycles. The number of H-pyrrole nitrogens is 1. The molecule has 0 aliphatic heterocycles. The molecule has 6 nitrogen and oxygen atoms in total. The molecule has 0 bridgehead atoms. The van der Waals surface area contributed by atoms with Crippen molar-refractivity contribution in [3.63, 3.8) is 0 Å². The lowest BCUT2D eigenvalue weighted by Crippen LogP contribution is -2.38. The summed E-state index contributed by atoms with van der Waals surface area (Å²) in [6.07, 6.45) is 2.13. The SMILES string of the molecule is COc1cc(CN[C@@H](Cc2c[nH]c3ccccc23)C(=O)O)cc(Cl)c1OCc1c(F)cccc1Cl. The Labute approximate surface area is 211 Å². The van der Waals surface area contributed by atoms with E-state index in [-0.39, 0.29) is 34.5 Å². The Kier molecular flexibility index (Phi) is 7.80. The van der Waals surface area contributed by atoms with Crippen molar-refractivity contribution >= 4 is 40.1 Å². The number of carboxylic acids is 1. The van der Waals surface area contributed by atoms with Crippen LogP contribution >= 0.6 is 23.2 Å². The van der Waals surface area contributed by atoms with Gasteiger partial charge in [0.15, 0.2) is 11.5 Å². The average Bonchev–Trinajstić information content (AvgIpc) is 3.24. The molecule has 0 amide bonds. The highest BCUT2D eigenvalue weighted by Gasteiger charge is 2.20. The number of hydrogen-bond acceptors (Lipinski definition) is 4. The van der Waals surface area contributed by atoms with Gasteiger partial charge in [0.25, 0.3) is 0 Å².